The fraction of sp³-hybridized carbons (Fsp3) is 0.235. The van der Waals surface area contributed by atoms with E-state index in [1.807, 2.05) is 69.3 Å². The van der Waals surface area contributed by atoms with Crippen molar-refractivity contribution >= 4 is 21.9 Å². The van der Waals surface area contributed by atoms with Crippen LogP contribution in [0, 0.1) is 5.41 Å². The third-order valence-corrected chi connectivity index (χ3v) is 3.47. The molecule has 2 aromatic carbocycles. The molecule has 3 heteroatoms. The van der Waals surface area contributed by atoms with Gasteiger partial charge in [-0.1, -0.05) is 36.4 Å². The van der Waals surface area contributed by atoms with E-state index in [2.05, 4.69) is 15.9 Å². The second-order valence-electron chi connectivity index (χ2n) is 5.65. The Bertz CT molecular complexity index is 613. The highest BCUT2D eigenvalue weighted by molar-refractivity contribution is 9.10. The molecule has 0 unspecified atom stereocenters. The van der Waals surface area contributed by atoms with Gasteiger partial charge in [-0.2, -0.15) is 0 Å². The molecular formula is C17H17BrO2. The molecule has 0 aliphatic rings. The predicted octanol–water partition coefficient (Wildman–Crippen LogP) is 5.07. The second-order valence-corrected chi connectivity index (χ2v) is 6.51. The van der Waals surface area contributed by atoms with E-state index in [1.165, 1.54) is 0 Å². The monoisotopic (exact) mass is 332 g/mol. The average Bonchev–Trinajstić information content (AvgIpc) is 2.41. The minimum atomic E-state index is -0.516. The van der Waals surface area contributed by atoms with Crippen molar-refractivity contribution in [2.75, 3.05) is 0 Å². The van der Waals surface area contributed by atoms with Gasteiger partial charge in [-0.25, -0.2) is 0 Å². The summed E-state index contributed by atoms with van der Waals surface area (Å²) < 4.78 is 6.19. The predicted molar refractivity (Wildman–Crippen MR) is 84.7 cm³/mol. The van der Waals surface area contributed by atoms with Gasteiger partial charge in [0.15, 0.2) is 0 Å². The molecule has 0 aromatic heterocycles. The lowest BCUT2D eigenvalue weighted by atomic mass is 9.97. The Labute approximate surface area is 127 Å². The van der Waals surface area contributed by atoms with Crippen LogP contribution in [-0.4, -0.2) is 5.97 Å². The maximum absolute atomic E-state index is 11.9. The molecule has 0 N–H and O–H groups in total. The zero-order valence-corrected chi connectivity index (χ0v) is 13.4. The van der Waals surface area contributed by atoms with Crippen LogP contribution in [0.4, 0.5) is 0 Å². The van der Waals surface area contributed by atoms with Gasteiger partial charge in [-0.3, -0.25) is 4.79 Å². The topological polar surface area (TPSA) is 26.3 Å². The van der Waals surface area contributed by atoms with Crippen LogP contribution in [-0.2, 0) is 4.79 Å². The molecule has 2 nitrogen and oxygen atoms in total. The van der Waals surface area contributed by atoms with Gasteiger partial charge in [-0.05, 0) is 60.0 Å². The Balaban J connectivity index is 2.25. The molecule has 0 amide bonds. The first-order chi connectivity index (χ1) is 9.38. The molecule has 0 fully saturated rings. The van der Waals surface area contributed by atoms with Gasteiger partial charge >= 0.3 is 5.97 Å². The quantitative estimate of drug-likeness (QED) is 0.567. The van der Waals surface area contributed by atoms with Crippen LogP contribution in [0.25, 0.3) is 11.1 Å². The van der Waals surface area contributed by atoms with Crippen LogP contribution in [0.15, 0.2) is 53.0 Å². The van der Waals surface area contributed by atoms with Crippen molar-refractivity contribution < 1.29 is 9.53 Å². The number of rotatable bonds is 2. The Morgan fingerprint density at radius 3 is 2.20 bits per heavy atom. The van der Waals surface area contributed by atoms with Crippen molar-refractivity contribution in [3.63, 3.8) is 0 Å². The van der Waals surface area contributed by atoms with E-state index in [4.69, 9.17) is 4.74 Å². The minimum absolute atomic E-state index is 0.245. The summed E-state index contributed by atoms with van der Waals surface area (Å²) in [4.78, 5) is 11.9. The van der Waals surface area contributed by atoms with Crippen LogP contribution in [0.1, 0.15) is 20.8 Å². The fourth-order valence-electron chi connectivity index (χ4n) is 1.65. The molecule has 2 rings (SSSR count). The van der Waals surface area contributed by atoms with Gasteiger partial charge in [0.2, 0.25) is 0 Å². The van der Waals surface area contributed by atoms with Crippen molar-refractivity contribution in [2.45, 2.75) is 20.8 Å². The van der Waals surface area contributed by atoms with Gasteiger partial charge in [0, 0.05) is 0 Å². The summed E-state index contributed by atoms with van der Waals surface area (Å²) in [6.07, 6.45) is 0. The molecule has 0 saturated heterocycles. The van der Waals surface area contributed by atoms with Crippen molar-refractivity contribution in [3.05, 3.63) is 53.0 Å². The molecule has 0 aliphatic heterocycles. The highest BCUT2D eigenvalue weighted by Gasteiger charge is 2.24. The highest BCUT2D eigenvalue weighted by Crippen LogP contribution is 2.32. The molecule has 0 heterocycles. The molecule has 0 saturated carbocycles. The maximum atomic E-state index is 11.9. The maximum Gasteiger partial charge on any atom is 0.316 e. The molecule has 0 bridgehead atoms. The Kier molecular flexibility index (Phi) is 4.29. The average molecular weight is 333 g/mol. The molecule has 0 spiro atoms. The number of hydrogen-bond acceptors (Lipinski definition) is 2. The lowest BCUT2D eigenvalue weighted by Gasteiger charge is -2.17. The Morgan fingerprint density at radius 1 is 1.00 bits per heavy atom. The first-order valence-corrected chi connectivity index (χ1v) is 7.24. The van der Waals surface area contributed by atoms with Crippen LogP contribution in [0.2, 0.25) is 0 Å². The van der Waals surface area contributed by atoms with Gasteiger partial charge in [0.05, 0.1) is 9.89 Å². The van der Waals surface area contributed by atoms with E-state index in [0.29, 0.717) is 5.75 Å². The SMILES string of the molecule is CC(C)(C)C(=O)Oc1ccc(-c2ccccc2)cc1Br. The minimum Gasteiger partial charge on any atom is -0.425 e. The zero-order valence-electron chi connectivity index (χ0n) is 11.8. The van der Waals surface area contributed by atoms with Crippen molar-refractivity contribution in [1.82, 2.24) is 0 Å². The standard InChI is InChI=1S/C17H17BrO2/c1-17(2,3)16(19)20-15-10-9-13(11-14(15)18)12-7-5-4-6-8-12/h4-11H,1-3H3. The summed E-state index contributed by atoms with van der Waals surface area (Å²) in [5.74, 6) is 0.301. The third kappa shape index (κ3) is 3.48. The molecule has 0 atom stereocenters. The molecule has 2 aromatic rings. The first-order valence-electron chi connectivity index (χ1n) is 6.45. The summed E-state index contributed by atoms with van der Waals surface area (Å²) in [7, 11) is 0. The zero-order chi connectivity index (χ0) is 14.8. The number of benzene rings is 2. The molecule has 104 valence electrons. The van der Waals surface area contributed by atoms with E-state index < -0.39 is 5.41 Å². The number of hydrogen-bond donors (Lipinski definition) is 0. The van der Waals surface area contributed by atoms with E-state index in [0.717, 1.165) is 15.6 Å². The van der Waals surface area contributed by atoms with Crippen molar-refractivity contribution in [2.24, 2.45) is 5.41 Å². The van der Waals surface area contributed by atoms with E-state index in [1.54, 1.807) is 0 Å². The van der Waals surface area contributed by atoms with E-state index >= 15 is 0 Å². The van der Waals surface area contributed by atoms with E-state index in [-0.39, 0.29) is 5.97 Å². The number of ether oxygens (including phenoxy) is 1. The van der Waals surface area contributed by atoms with Crippen LogP contribution >= 0.6 is 15.9 Å². The molecule has 20 heavy (non-hydrogen) atoms. The largest absolute Gasteiger partial charge is 0.425 e. The van der Waals surface area contributed by atoms with Crippen molar-refractivity contribution in [1.29, 1.82) is 0 Å². The van der Waals surface area contributed by atoms with Gasteiger partial charge in [0.1, 0.15) is 5.75 Å². The first kappa shape index (κ1) is 14.8. The van der Waals surface area contributed by atoms with E-state index in [9.17, 15) is 4.79 Å². The summed E-state index contributed by atoms with van der Waals surface area (Å²) in [5, 5.41) is 0. The lowest BCUT2D eigenvalue weighted by molar-refractivity contribution is -0.143. The normalized spacial score (nSPS) is 11.2. The number of esters is 1. The van der Waals surface area contributed by atoms with Gasteiger partial charge in [-0.15, -0.1) is 0 Å². The smallest absolute Gasteiger partial charge is 0.316 e. The second kappa shape index (κ2) is 5.80. The Morgan fingerprint density at radius 2 is 1.65 bits per heavy atom. The molecule has 0 aliphatic carbocycles. The van der Waals surface area contributed by atoms with Crippen LogP contribution < -0.4 is 4.74 Å². The van der Waals surface area contributed by atoms with Gasteiger partial charge in [0.25, 0.3) is 0 Å². The number of carbonyl (C=O) groups excluding carboxylic acids is 1. The number of carbonyl (C=O) groups is 1. The van der Waals surface area contributed by atoms with Gasteiger partial charge < -0.3 is 4.74 Å². The summed E-state index contributed by atoms with van der Waals surface area (Å²) in [6.45, 7) is 5.50. The molecular weight excluding hydrogens is 316 g/mol. The van der Waals surface area contributed by atoms with Crippen LogP contribution in [0.3, 0.4) is 0 Å². The summed E-state index contributed by atoms with van der Waals surface area (Å²) in [6, 6.07) is 15.8. The van der Waals surface area contributed by atoms with Crippen molar-refractivity contribution in [3.8, 4) is 16.9 Å². The third-order valence-electron chi connectivity index (χ3n) is 2.85. The number of halogens is 1. The summed E-state index contributed by atoms with van der Waals surface area (Å²) in [5.41, 5.74) is 1.69. The highest BCUT2D eigenvalue weighted by atomic mass is 79.9. The lowest BCUT2D eigenvalue weighted by Crippen LogP contribution is -2.25. The Hall–Kier alpha value is -1.61. The fourth-order valence-corrected chi connectivity index (χ4v) is 2.11. The summed E-state index contributed by atoms with van der Waals surface area (Å²) >= 11 is 3.46. The van der Waals surface area contributed by atoms with Crippen LogP contribution in [0.5, 0.6) is 5.75 Å². The molecule has 0 radical (unpaired) electrons.